The molecule has 0 spiro atoms. The van der Waals surface area contributed by atoms with Crippen molar-refractivity contribution in [2.45, 2.75) is 237 Å². The Hall–Kier alpha value is -6.14. The van der Waals surface area contributed by atoms with Gasteiger partial charge in [0, 0.05) is 7.05 Å². The summed E-state index contributed by atoms with van der Waals surface area (Å²) in [6, 6.07) is 16.7. The number of hydrogen-bond acceptors (Lipinski definition) is 21. The number of benzene rings is 2. The molecule has 0 fully saturated rings. The van der Waals surface area contributed by atoms with Crippen LogP contribution in [0.15, 0.2) is 94.1 Å². The first-order valence-electron chi connectivity index (χ1n) is 32.0. The second kappa shape index (κ2) is 54.5. The molecule has 6 N–H and O–H groups in total. The van der Waals surface area contributed by atoms with Gasteiger partial charge in [0.1, 0.15) is 93.4 Å². The molecule has 0 radical (unpaired) electrons. The highest BCUT2D eigenvalue weighted by atomic mass is 35.5. The van der Waals surface area contributed by atoms with Gasteiger partial charge in [-0.15, -0.1) is 24.2 Å². The van der Waals surface area contributed by atoms with Gasteiger partial charge in [-0.3, -0.25) is 29.0 Å². The number of allylic oxidation sites excluding steroid dienone is 1. The summed E-state index contributed by atoms with van der Waals surface area (Å²) < 4.78 is 55.5. The summed E-state index contributed by atoms with van der Waals surface area (Å²) in [5.74, 6) is 4.88. The van der Waals surface area contributed by atoms with E-state index < -0.39 is 101 Å². The Morgan fingerprint density at radius 3 is 1.07 bits per heavy atom. The third kappa shape index (κ3) is 70.0. The summed E-state index contributed by atoms with van der Waals surface area (Å²) in [5, 5.41) is 27.0. The van der Waals surface area contributed by atoms with Crippen LogP contribution >= 0.6 is 11.6 Å². The minimum atomic E-state index is -2.26. The zero-order chi connectivity index (χ0) is 77.3. The van der Waals surface area contributed by atoms with Gasteiger partial charge in [0.25, 0.3) is 0 Å². The number of Topliss-reactive ketones (excluding diaryl/α,β-unsaturated/α-hetero) is 4. The standard InChI is InChI=1S/C19H27ClN2O4.C15H28N2O4S.C15H27NO4S.C14H25NO5S.C7H9NO.2CH4.2ClH/c1-14(23)17(21-18(24)26-19(2,3)4)11-10-16(12-20)22-25-13-15-8-6-5-7-9-15;1-11(18)13(17-14(19)21-15(2,3)4)9-8-12(16-5)10-22(6,7)20;1-11(10-21(6,7)19)8-9-13(12(2)17)16-14(18)20-15(3,4)5;1-10(16)12(15-13(18)20-14(2,3)4)8-7-11(17)9-21(5,6)19;8-9-6-7-4-2-1-3-5-7;;;;/h5-9,17H,10-13H2,1-4H3,(H,21,24);13H,8-10H2,1-7H3;13H,1,8-10H2,2-7H3;9,12H,7-8H2,1-6H3,(H-,15,17,18,19);1-5H,6,8H2;2*1H4;2*1H/b22-16+;;;;;;;;/t;2*13-;12-;;;;;/m.000...../s1. The summed E-state index contributed by atoms with van der Waals surface area (Å²) in [6.07, 6.45) is 9.99. The first-order chi connectivity index (χ1) is 45.1. The normalized spacial score (nSPS) is 12.9. The maximum atomic E-state index is 11.9. The van der Waals surface area contributed by atoms with Crippen LogP contribution in [-0.4, -0.2) is 167 Å². The minimum absolute atomic E-state index is 0. The molecule has 0 aromatic heterocycles. The third-order valence-corrected chi connectivity index (χ3v) is 15.2. The van der Waals surface area contributed by atoms with E-state index in [1.54, 1.807) is 115 Å². The van der Waals surface area contributed by atoms with Gasteiger partial charge in [0.15, 0.2) is 23.1 Å². The van der Waals surface area contributed by atoms with Crippen LogP contribution in [0.5, 0.6) is 0 Å². The van der Waals surface area contributed by atoms with E-state index in [0.29, 0.717) is 69.0 Å². The Bertz CT molecular complexity index is 3090. The van der Waals surface area contributed by atoms with Crippen LogP contribution < -0.4 is 57.1 Å². The molecule has 1 unspecified atom stereocenters. The molecule has 0 bridgehead atoms. The smallest absolute Gasteiger partial charge is 0.408 e. The summed E-state index contributed by atoms with van der Waals surface area (Å²) in [5.41, 5.74) is 1.81. The lowest BCUT2D eigenvalue weighted by Gasteiger charge is -2.23. The molecule has 4 atom stereocenters. The highest BCUT2D eigenvalue weighted by molar-refractivity contribution is 8.04. The Morgan fingerprint density at radius 2 is 0.806 bits per heavy atom. The Kier molecular flexibility index (Phi) is 58.3. The topological polar surface area (TPSA) is 365 Å². The SMILES string of the molecule is C.C.C=C(CC[C@H](NC(=O)OC(C)(C)C)C(C)=O)C[S+](C)(C)=O.CC(=O)C(CC/C(CCl)=N\OCc1ccccc1)NC(=O)OC(C)(C)C.CC(=O)[C@H](CC/C([O-])=C/[S+](C)(C)=O)NC(=O)OC(C)(C)C.CN=C(CC[C@H](NC(=O)OC(C)(C)C)C(C)=O)C[S+](C)(C)=O.NOCc1ccccc1.[Cl-].[Cl-]. The summed E-state index contributed by atoms with van der Waals surface area (Å²) in [6.45, 7) is 31.3. The molecule has 0 saturated carbocycles. The number of oxime groups is 1. The number of nitrogens with two attached hydrogens (primary N) is 1. The Balaban J connectivity index is -0.000000227. The maximum absolute atomic E-state index is 11.9. The van der Waals surface area contributed by atoms with Crippen molar-refractivity contribution in [1.29, 1.82) is 0 Å². The van der Waals surface area contributed by atoms with E-state index >= 15 is 0 Å². The average Bonchev–Trinajstić information content (AvgIpc) is 0.913. The van der Waals surface area contributed by atoms with Crippen LogP contribution in [0.25, 0.3) is 0 Å². The van der Waals surface area contributed by atoms with E-state index in [9.17, 15) is 56.1 Å². The monoisotopic (exact) mass is 1580 g/mol. The van der Waals surface area contributed by atoms with Crippen LogP contribution in [0.2, 0.25) is 0 Å². The number of nitrogens with one attached hydrogen (secondary N) is 4. The van der Waals surface area contributed by atoms with Gasteiger partial charge in [0.2, 0.25) is 0 Å². The van der Waals surface area contributed by atoms with E-state index in [1.165, 1.54) is 40.2 Å². The van der Waals surface area contributed by atoms with E-state index in [1.807, 2.05) is 60.7 Å². The fourth-order valence-electron chi connectivity index (χ4n) is 7.73. The maximum Gasteiger partial charge on any atom is 0.408 e. The summed E-state index contributed by atoms with van der Waals surface area (Å²) >= 11 is 5.90. The predicted octanol–water partition coefficient (Wildman–Crippen LogP) is 6.27. The fourth-order valence-corrected chi connectivity index (χ4v) is 10.9. The van der Waals surface area contributed by atoms with Gasteiger partial charge in [0.05, 0.1) is 67.9 Å². The number of carbonyl (C=O) groups is 8. The first-order valence-corrected chi connectivity index (χ1v) is 40.0. The largest absolute Gasteiger partial charge is 1.00 e. The lowest BCUT2D eigenvalue weighted by molar-refractivity contribution is -0.306. The molecule has 0 aliphatic heterocycles. The van der Waals surface area contributed by atoms with Crippen molar-refractivity contribution in [1.82, 2.24) is 21.3 Å². The number of nitrogens with zero attached hydrogens (tertiary/aromatic N) is 2. The van der Waals surface area contributed by atoms with E-state index in [-0.39, 0.29) is 87.3 Å². The van der Waals surface area contributed by atoms with Gasteiger partial charge in [-0.05, 0) is 179 Å². The molecule has 0 aliphatic carbocycles. The van der Waals surface area contributed by atoms with Crippen LogP contribution in [-0.2, 0) is 103 Å². The summed E-state index contributed by atoms with van der Waals surface area (Å²) in [7, 11) is -4.43. The zero-order valence-corrected chi connectivity index (χ0v) is 68.5. The molecular formula is C72H126Cl3N7O18S3. The average molecular weight is 1580 g/mol. The quantitative estimate of drug-likeness (QED) is 0.0106. The van der Waals surface area contributed by atoms with Crippen LogP contribution in [0.3, 0.4) is 0 Å². The van der Waals surface area contributed by atoms with Crippen LogP contribution in [0.4, 0.5) is 19.2 Å². The van der Waals surface area contributed by atoms with Gasteiger partial charge in [-0.1, -0.05) is 93.0 Å². The number of ether oxygens (including phenoxy) is 4. The highest BCUT2D eigenvalue weighted by Gasteiger charge is 2.28. The van der Waals surface area contributed by atoms with Crippen molar-refractivity contribution >= 4 is 100 Å². The number of alkyl carbamates (subject to hydrolysis) is 4. The molecule has 4 amide bonds. The number of amides is 4. The predicted molar refractivity (Wildman–Crippen MR) is 411 cm³/mol. The van der Waals surface area contributed by atoms with Crippen molar-refractivity contribution < 1.29 is 110 Å². The highest BCUT2D eigenvalue weighted by Crippen LogP contribution is 2.16. The van der Waals surface area contributed by atoms with Crippen molar-refractivity contribution in [3.63, 3.8) is 0 Å². The lowest BCUT2D eigenvalue weighted by atomic mass is 10.0. The number of ketones is 4. The molecule has 25 nitrogen and oxygen atoms in total. The molecule has 2 aromatic rings. The Morgan fingerprint density at radius 1 is 0.515 bits per heavy atom. The van der Waals surface area contributed by atoms with Crippen LogP contribution in [0, 0.1) is 0 Å². The zero-order valence-electron chi connectivity index (χ0n) is 63.7. The Labute approximate surface area is 637 Å². The van der Waals surface area contributed by atoms with Gasteiger partial charge in [-0.2, -0.15) is 0 Å². The van der Waals surface area contributed by atoms with E-state index in [0.717, 1.165) is 27.8 Å². The van der Waals surface area contributed by atoms with Gasteiger partial charge >= 0.3 is 24.4 Å². The molecule has 31 heteroatoms. The molecule has 2 rings (SSSR count). The van der Waals surface area contributed by atoms with Crippen molar-refractivity contribution in [3.05, 3.63) is 95.1 Å². The molecule has 0 aliphatic rings. The van der Waals surface area contributed by atoms with Crippen molar-refractivity contribution in [2.24, 2.45) is 16.0 Å². The minimum Gasteiger partial charge on any atom is -1.00 e. The number of halogens is 3. The molecule has 2 aromatic carbocycles. The number of hydrogen-bond donors (Lipinski definition) is 5. The molecule has 0 heterocycles. The first kappa shape index (κ1) is 110. The molecule has 596 valence electrons. The van der Waals surface area contributed by atoms with Crippen molar-refractivity contribution in [3.8, 4) is 0 Å². The van der Waals surface area contributed by atoms with Gasteiger partial charge in [-0.25, -0.2) is 25.1 Å². The number of aliphatic imine (C=N–C) groups is 1. The molecular weight excluding hydrogens is 1450 g/mol. The summed E-state index contributed by atoms with van der Waals surface area (Å²) in [4.78, 5) is 107. The fraction of sp³-hybridized carbons (Fsp3) is 0.639. The van der Waals surface area contributed by atoms with Crippen LogP contribution in [0.1, 0.15) is 188 Å². The van der Waals surface area contributed by atoms with E-state index in [4.69, 9.17) is 41.3 Å². The number of rotatable bonds is 31. The lowest BCUT2D eigenvalue weighted by Crippen LogP contribution is -3.00. The van der Waals surface area contributed by atoms with Crippen molar-refractivity contribution in [2.75, 3.05) is 62.0 Å². The second-order valence-electron chi connectivity index (χ2n) is 28.3. The number of carbonyl (C=O) groups excluding carboxylic acids is 8. The molecule has 103 heavy (non-hydrogen) atoms. The third-order valence-electron chi connectivity index (χ3n) is 11.9. The van der Waals surface area contributed by atoms with Gasteiger partial charge < -0.3 is 75.0 Å². The van der Waals surface area contributed by atoms with E-state index in [2.05, 4.69) is 42.8 Å². The second-order valence-corrected chi connectivity index (χ2v) is 37.8. The number of alkyl halides is 1. The molecule has 0 saturated heterocycles.